The van der Waals surface area contributed by atoms with E-state index in [1.54, 1.807) is 28.5 Å². The minimum absolute atomic E-state index is 0.169. The first kappa shape index (κ1) is 47.1. The van der Waals surface area contributed by atoms with E-state index in [1.807, 2.05) is 169 Å². The molecule has 69 heavy (non-hydrogen) atoms. The molecule has 0 aliphatic heterocycles. The number of aromatic nitrogens is 12. The summed E-state index contributed by atoms with van der Waals surface area (Å²) in [5, 5.41) is 28.7. The summed E-state index contributed by atoms with van der Waals surface area (Å²) in [6, 6.07) is 41.3. The number of aromatic amines is 2. The Morgan fingerprint density at radius 3 is 1.26 bits per heavy atom. The first-order valence-electron chi connectivity index (χ1n) is 22.7. The monoisotopic (exact) mass is 922 g/mol. The van der Waals surface area contributed by atoms with Crippen molar-refractivity contribution in [3.63, 3.8) is 0 Å². The van der Waals surface area contributed by atoms with E-state index in [0.717, 1.165) is 61.5 Å². The van der Waals surface area contributed by atoms with Crippen LogP contribution in [0, 0.1) is 0 Å². The molecule has 0 saturated heterocycles. The molecule has 0 aliphatic rings. The Kier molecular flexibility index (Phi) is 13.5. The van der Waals surface area contributed by atoms with Crippen LogP contribution in [0.15, 0.2) is 149 Å². The number of H-pyrrole nitrogens is 2. The minimum Gasteiger partial charge on any atom is -0.291 e. The van der Waals surface area contributed by atoms with Crippen LogP contribution in [0.4, 0.5) is 0 Å². The van der Waals surface area contributed by atoms with Crippen LogP contribution < -0.4 is 11.4 Å². The molecule has 9 aromatic rings. The van der Waals surface area contributed by atoms with Gasteiger partial charge in [-0.05, 0) is 49.4 Å². The highest BCUT2D eigenvalue weighted by Gasteiger charge is 2.26. The summed E-state index contributed by atoms with van der Waals surface area (Å²) < 4.78 is 5.88. The summed E-state index contributed by atoms with van der Waals surface area (Å²) in [5.41, 5.74) is 8.99. The molecule has 4 aromatic heterocycles. The van der Waals surface area contributed by atoms with Crippen LogP contribution >= 0.6 is 0 Å². The highest BCUT2D eigenvalue weighted by Crippen LogP contribution is 2.32. The normalized spacial score (nSPS) is 11.6. The van der Waals surface area contributed by atoms with Gasteiger partial charge in [-0.1, -0.05) is 176 Å². The van der Waals surface area contributed by atoms with E-state index in [4.69, 9.17) is 0 Å². The molecule has 2 N–H and O–H groups in total. The molecule has 0 saturated carbocycles. The molecular formula is C53H54N12O4. The van der Waals surface area contributed by atoms with Crippen molar-refractivity contribution in [3.05, 3.63) is 189 Å². The zero-order valence-electron chi connectivity index (χ0n) is 39.7. The maximum atomic E-state index is 13.4. The van der Waals surface area contributed by atoms with Crippen LogP contribution in [0.25, 0.3) is 45.0 Å². The molecule has 0 unspecified atom stereocenters. The van der Waals surface area contributed by atoms with Gasteiger partial charge in [0.05, 0.1) is 19.5 Å². The van der Waals surface area contributed by atoms with Crippen molar-refractivity contribution in [2.24, 2.45) is 0 Å². The number of imidazole rings is 2. The Bertz CT molecular complexity index is 3310. The summed E-state index contributed by atoms with van der Waals surface area (Å²) >= 11 is 0. The van der Waals surface area contributed by atoms with E-state index in [2.05, 4.69) is 41.2 Å². The smallest absolute Gasteiger partial charge is 0.291 e. The lowest BCUT2D eigenvalue weighted by Gasteiger charge is -2.20. The van der Waals surface area contributed by atoms with Gasteiger partial charge in [0, 0.05) is 52.2 Å². The molecule has 0 radical (unpaired) electrons. The fourth-order valence-electron chi connectivity index (χ4n) is 8.20. The van der Waals surface area contributed by atoms with Gasteiger partial charge in [-0.25, -0.2) is 18.7 Å². The number of tetrazole rings is 2. The van der Waals surface area contributed by atoms with Crippen molar-refractivity contribution in [2.75, 3.05) is 0 Å². The molecule has 5 aromatic carbocycles. The molecule has 0 fully saturated rings. The SMILES string of the molecule is CC(C)(C)c1cn(C(=O)Cc2ccccc2)c(=O)n1Cc1ccc(-c2ccccc2-c2nn[nH]n2)cc1.CCC(=O)n1cc(C(C)(C)C)n(Cc2ccc(-c3ccccc3-c3nn[nH]n3)cc2)c1=O. The van der Waals surface area contributed by atoms with Gasteiger partial charge in [-0.15, -0.1) is 20.4 Å². The summed E-state index contributed by atoms with van der Waals surface area (Å²) in [7, 11) is 0. The summed E-state index contributed by atoms with van der Waals surface area (Å²) in [6.07, 6.45) is 3.83. The van der Waals surface area contributed by atoms with Crippen LogP contribution in [0.2, 0.25) is 0 Å². The summed E-state index contributed by atoms with van der Waals surface area (Å²) in [6.45, 7) is 14.8. The van der Waals surface area contributed by atoms with Crippen molar-refractivity contribution in [1.82, 2.24) is 59.5 Å². The predicted molar refractivity (Wildman–Crippen MR) is 265 cm³/mol. The lowest BCUT2D eigenvalue weighted by Crippen LogP contribution is -2.31. The molecule has 350 valence electrons. The van der Waals surface area contributed by atoms with Gasteiger partial charge in [0.2, 0.25) is 23.5 Å². The second-order valence-electron chi connectivity index (χ2n) is 18.8. The van der Waals surface area contributed by atoms with Gasteiger partial charge < -0.3 is 0 Å². The number of hydrogen-bond donors (Lipinski definition) is 2. The van der Waals surface area contributed by atoms with Crippen molar-refractivity contribution >= 4 is 11.8 Å². The van der Waals surface area contributed by atoms with Crippen molar-refractivity contribution in [2.45, 2.75) is 85.2 Å². The quantitative estimate of drug-likeness (QED) is 0.127. The second kappa shape index (κ2) is 19.8. The highest BCUT2D eigenvalue weighted by atomic mass is 16.2. The summed E-state index contributed by atoms with van der Waals surface area (Å²) in [5.74, 6) is 0.622. The van der Waals surface area contributed by atoms with E-state index in [-0.39, 0.29) is 46.9 Å². The van der Waals surface area contributed by atoms with E-state index < -0.39 is 0 Å². The zero-order chi connectivity index (χ0) is 48.9. The second-order valence-corrected chi connectivity index (χ2v) is 18.8. The van der Waals surface area contributed by atoms with E-state index in [0.29, 0.717) is 24.7 Å². The van der Waals surface area contributed by atoms with Gasteiger partial charge in [-0.2, -0.15) is 10.4 Å². The number of nitrogens with zero attached hydrogens (tertiary/aromatic N) is 10. The lowest BCUT2D eigenvalue weighted by atomic mass is 9.92. The van der Waals surface area contributed by atoms with Crippen molar-refractivity contribution in [3.8, 4) is 45.0 Å². The third-order valence-corrected chi connectivity index (χ3v) is 11.8. The molecular weight excluding hydrogens is 869 g/mol. The van der Waals surface area contributed by atoms with Crippen LogP contribution in [-0.2, 0) is 30.3 Å². The average molecular weight is 923 g/mol. The Hall–Kier alpha value is -8.40. The largest absolute Gasteiger partial charge is 0.335 e. The fraction of sp³-hybridized carbons (Fsp3) is 0.245. The molecule has 0 spiro atoms. The van der Waals surface area contributed by atoms with Crippen LogP contribution in [0.5, 0.6) is 0 Å². The fourth-order valence-corrected chi connectivity index (χ4v) is 8.20. The van der Waals surface area contributed by atoms with Gasteiger partial charge in [-0.3, -0.25) is 18.7 Å². The predicted octanol–water partition coefficient (Wildman–Crippen LogP) is 8.62. The molecule has 0 atom stereocenters. The van der Waals surface area contributed by atoms with Crippen LogP contribution in [0.1, 0.15) is 92.6 Å². The molecule has 0 aliphatic carbocycles. The topological polar surface area (TPSA) is 197 Å². The maximum Gasteiger partial charge on any atom is 0.335 e. The van der Waals surface area contributed by atoms with Crippen molar-refractivity contribution < 1.29 is 9.59 Å². The number of rotatable bonds is 11. The first-order valence-corrected chi connectivity index (χ1v) is 22.7. The Balaban J connectivity index is 0.000000188. The number of carbonyl (C=O) groups is 2. The van der Waals surface area contributed by atoms with Gasteiger partial charge in [0.25, 0.3) is 0 Å². The van der Waals surface area contributed by atoms with Crippen LogP contribution in [-0.4, -0.2) is 71.3 Å². The number of carbonyl (C=O) groups excluding carboxylic acids is 2. The molecule has 0 amide bonds. The number of benzene rings is 5. The van der Waals surface area contributed by atoms with Gasteiger partial charge in [0.1, 0.15) is 0 Å². The average Bonchev–Trinajstić information content (AvgIpc) is 4.19. The molecule has 0 bridgehead atoms. The Morgan fingerprint density at radius 2 is 0.884 bits per heavy atom. The molecule has 4 heterocycles. The summed E-state index contributed by atoms with van der Waals surface area (Å²) in [4.78, 5) is 51.7. The van der Waals surface area contributed by atoms with Crippen LogP contribution in [0.3, 0.4) is 0 Å². The van der Waals surface area contributed by atoms with E-state index in [1.165, 1.54) is 9.13 Å². The Morgan fingerprint density at radius 1 is 0.493 bits per heavy atom. The van der Waals surface area contributed by atoms with Crippen molar-refractivity contribution in [1.29, 1.82) is 0 Å². The van der Waals surface area contributed by atoms with Gasteiger partial charge >= 0.3 is 11.4 Å². The van der Waals surface area contributed by atoms with Gasteiger partial charge in [0.15, 0.2) is 0 Å². The number of nitrogens with one attached hydrogen (secondary N) is 2. The molecule has 9 rings (SSSR count). The first-order chi connectivity index (χ1) is 33.1. The highest BCUT2D eigenvalue weighted by molar-refractivity contribution is 5.82. The molecule has 16 heteroatoms. The minimum atomic E-state index is -0.322. The lowest BCUT2D eigenvalue weighted by molar-refractivity contribution is 0.0897. The Labute approximate surface area is 398 Å². The standard InChI is InChI=1S/C29H28N6O2.C24H26N6O2/c1-29(2,3)25-19-35(26(36)17-20-9-5-4-6-10-20)28(37)34(25)18-21-13-15-22(16-14-21)23-11-7-8-12-24(23)27-30-32-33-31-27;1-5-21(31)30-15-20(24(2,3)4)29(23(30)32)14-16-10-12-17(13-11-16)18-8-6-7-9-19(18)22-25-27-28-26-22/h4-16,19H,17-18H2,1-3H3,(H,30,31,32,33);6-13,15H,5,14H2,1-4H3,(H,25,26,27,28). The van der Waals surface area contributed by atoms with E-state index in [9.17, 15) is 19.2 Å². The number of hydrogen-bond acceptors (Lipinski definition) is 10. The maximum absolute atomic E-state index is 13.4. The third-order valence-electron chi connectivity index (χ3n) is 11.8. The third kappa shape index (κ3) is 10.4. The van der Waals surface area contributed by atoms with E-state index >= 15 is 0 Å². The zero-order valence-corrected chi connectivity index (χ0v) is 39.7. The molecule has 16 nitrogen and oxygen atoms in total.